The fraction of sp³-hybridized carbons (Fsp3) is 0.450. The number of amides is 1. The van der Waals surface area contributed by atoms with E-state index in [1.165, 1.54) is 12.8 Å². The van der Waals surface area contributed by atoms with E-state index in [1.54, 1.807) is 18.3 Å². The molecule has 27 heavy (non-hydrogen) atoms. The number of aromatic nitrogens is 2. The molecule has 4 heterocycles. The SMILES string of the molecule is O=C(NCc1cccnc1N1CCCC1)c1ccnc(OC2CCSC2)c1. The van der Waals surface area contributed by atoms with E-state index in [9.17, 15) is 4.79 Å². The number of hydrogen-bond donors (Lipinski definition) is 1. The summed E-state index contributed by atoms with van der Waals surface area (Å²) in [6, 6.07) is 7.39. The summed E-state index contributed by atoms with van der Waals surface area (Å²) in [5, 5.41) is 3.01. The van der Waals surface area contributed by atoms with Crippen molar-refractivity contribution in [2.24, 2.45) is 0 Å². The highest BCUT2D eigenvalue weighted by atomic mass is 32.2. The molecule has 1 unspecified atom stereocenters. The Labute approximate surface area is 163 Å². The molecular weight excluding hydrogens is 360 g/mol. The minimum Gasteiger partial charge on any atom is -0.473 e. The van der Waals surface area contributed by atoms with Crippen molar-refractivity contribution in [3.63, 3.8) is 0 Å². The van der Waals surface area contributed by atoms with E-state index in [0.29, 0.717) is 18.0 Å². The molecule has 1 atom stereocenters. The van der Waals surface area contributed by atoms with Crippen molar-refractivity contribution in [2.75, 3.05) is 29.5 Å². The summed E-state index contributed by atoms with van der Waals surface area (Å²) in [5.74, 6) is 3.48. The number of nitrogens with zero attached hydrogens (tertiary/aromatic N) is 3. The van der Waals surface area contributed by atoms with Crippen LogP contribution in [0.3, 0.4) is 0 Å². The van der Waals surface area contributed by atoms with E-state index in [0.717, 1.165) is 42.4 Å². The van der Waals surface area contributed by atoms with Crippen LogP contribution in [0.1, 0.15) is 35.2 Å². The molecule has 1 N–H and O–H groups in total. The van der Waals surface area contributed by atoms with Gasteiger partial charge in [-0.05, 0) is 37.1 Å². The maximum atomic E-state index is 12.6. The van der Waals surface area contributed by atoms with Crippen LogP contribution in [0.15, 0.2) is 36.7 Å². The molecule has 4 rings (SSSR count). The van der Waals surface area contributed by atoms with Crippen LogP contribution in [0.25, 0.3) is 0 Å². The summed E-state index contributed by atoms with van der Waals surface area (Å²) < 4.78 is 5.89. The van der Waals surface area contributed by atoms with Gasteiger partial charge >= 0.3 is 0 Å². The molecule has 6 nitrogen and oxygen atoms in total. The second-order valence-electron chi connectivity index (χ2n) is 6.85. The standard InChI is InChI=1S/C20H24N4O2S/c25-20(15-5-8-21-18(12-15)26-17-6-11-27-14-17)23-13-16-4-3-7-22-19(16)24-9-1-2-10-24/h3-5,7-8,12,17H,1-2,6,9-11,13-14H2,(H,23,25). The molecular formula is C20H24N4O2S. The van der Waals surface area contributed by atoms with Gasteiger partial charge in [-0.2, -0.15) is 11.8 Å². The van der Waals surface area contributed by atoms with E-state index in [2.05, 4.69) is 20.2 Å². The molecule has 0 aliphatic carbocycles. The molecule has 0 aromatic carbocycles. The zero-order valence-electron chi connectivity index (χ0n) is 15.3. The molecule has 0 spiro atoms. The molecule has 2 fully saturated rings. The lowest BCUT2D eigenvalue weighted by atomic mass is 10.2. The van der Waals surface area contributed by atoms with Crippen molar-refractivity contribution in [3.05, 3.63) is 47.8 Å². The van der Waals surface area contributed by atoms with Gasteiger partial charge in [0.05, 0.1) is 0 Å². The smallest absolute Gasteiger partial charge is 0.251 e. The van der Waals surface area contributed by atoms with E-state index >= 15 is 0 Å². The van der Waals surface area contributed by atoms with Gasteiger partial charge in [-0.3, -0.25) is 4.79 Å². The largest absolute Gasteiger partial charge is 0.473 e. The van der Waals surface area contributed by atoms with Crippen molar-refractivity contribution in [3.8, 4) is 5.88 Å². The van der Waals surface area contributed by atoms with Gasteiger partial charge in [-0.15, -0.1) is 0 Å². The minimum atomic E-state index is -0.126. The van der Waals surface area contributed by atoms with Crippen molar-refractivity contribution in [1.82, 2.24) is 15.3 Å². The number of carbonyl (C=O) groups is 1. The van der Waals surface area contributed by atoms with Crippen LogP contribution >= 0.6 is 11.8 Å². The van der Waals surface area contributed by atoms with E-state index in [4.69, 9.17) is 4.74 Å². The molecule has 142 valence electrons. The normalized spacial score (nSPS) is 19.3. The Morgan fingerprint density at radius 1 is 1.26 bits per heavy atom. The third-order valence-corrected chi connectivity index (χ3v) is 6.02. The first-order valence-electron chi connectivity index (χ1n) is 9.47. The van der Waals surface area contributed by atoms with Gasteiger partial charge in [0.1, 0.15) is 11.9 Å². The topological polar surface area (TPSA) is 67.4 Å². The third kappa shape index (κ3) is 4.53. The Balaban J connectivity index is 1.39. The Hall–Kier alpha value is -2.28. The lowest BCUT2D eigenvalue weighted by Crippen LogP contribution is -2.26. The van der Waals surface area contributed by atoms with Gasteiger partial charge < -0.3 is 15.0 Å². The van der Waals surface area contributed by atoms with Crippen LogP contribution in [-0.2, 0) is 6.54 Å². The number of rotatable bonds is 6. The van der Waals surface area contributed by atoms with Gasteiger partial charge in [-0.1, -0.05) is 6.07 Å². The van der Waals surface area contributed by atoms with Crippen LogP contribution in [0, 0.1) is 0 Å². The van der Waals surface area contributed by atoms with Gasteiger partial charge in [0.15, 0.2) is 0 Å². The Morgan fingerprint density at radius 3 is 2.96 bits per heavy atom. The van der Waals surface area contributed by atoms with Crippen LogP contribution in [0.4, 0.5) is 5.82 Å². The van der Waals surface area contributed by atoms with Crippen molar-refractivity contribution in [1.29, 1.82) is 0 Å². The van der Waals surface area contributed by atoms with Crippen LogP contribution in [-0.4, -0.2) is 46.6 Å². The van der Waals surface area contributed by atoms with Crippen LogP contribution < -0.4 is 15.0 Å². The number of hydrogen-bond acceptors (Lipinski definition) is 6. The van der Waals surface area contributed by atoms with Gasteiger partial charge in [0, 0.05) is 55.0 Å². The fourth-order valence-corrected chi connectivity index (χ4v) is 4.55. The molecule has 0 radical (unpaired) electrons. The number of nitrogens with one attached hydrogen (secondary N) is 1. The predicted octanol–water partition coefficient (Wildman–Crippen LogP) is 2.89. The fourth-order valence-electron chi connectivity index (χ4n) is 3.45. The summed E-state index contributed by atoms with van der Waals surface area (Å²) >= 11 is 1.89. The Morgan fingerprint density at radius 2 is 2.15 bits per heavy atom. The Bertz CT molecular complexity index is 789. The van der Waals surface area contributed by atoms with Gasteiger partial charge in [0.2, 0.25) is 5.88 Å². The highest BCUT2D eigenvalue weighted by molar-refractivity contribution is 7.99. The summed E-state index contributed by atoms with van der Waals surface area (Å²) in [4.78, 5) is 23.7. The van der Waals surface area contributed by atoms with Crippen LogP contribution in [0.5, 0.6) is 5.88 Å². The van der Waals surface area contributed by atoms with Gasteiger partial charge in [-0.25, -0.2) is 9.97 Å². The zero-order valence-corrected chi connectivity index (χ0v) is 16.1. The average molecular weight is 385 g/mol. The molecule has 2 aromatic heterocycles. The molecule has 2 saturated heterocycles. The number of pyridine rings is 2. The highest BCUT2D eigenvalue weighted by Crippen LogP contribution is 2.23. The summed E-state index contributed by atoms with van der Waals surface area (Å²) in [6.45, 7) is 2.52. The maximum absolute atomic E-state index is 12.6. The second-order valence-corrected chi connectivity index (χ2v) is 8.00. The molecule has 1 amide bonds. The first-order chi connectivity index (χ1) is 13.3. The van der Waals surface area contributed by atoms with E-state index < -0.39 is 0 Å². The van der Waals surface area contributed by atoms with Crippen molar-refractivity contribution in [2.45, 2.75) is 31.9 Å². The third-order valence-electron chi connectivity index (χ3n) is 4.88. The lowest BCUT2D eigenvalue weighted by molar-refractivity contribution is 0.0950. The molecule has 7 heteroatoms. The second kappa shape index (κ2) is 8.61. The number of anilines is 1. The monoisotopic (exact) mass is 384 g/mol. The first kappa shape index (κ1) is 18.1. The summed E-state index contributed by atoms with van der Waals surface area (Å²) in [7, 11) is 0. The van der Waals surface area contributed by atoms with Crippen molar-refractivity contribution >= 4 is 23.5 Å². The zero-order chi connectivity index (χ0) is 18.5. The number of ether oxygens (including phenoxy) is 1. The van der Waals surface area contributed by atoms with E-state index in [1.807, 2.05) is 30.1 Å². The Kier molecular flexibility index (Phi) is 5.77. The van der Waals surface area contributed by atoms with Crippen molar-refractivity contribution < 1.29 is 9.53 Å². The average Bonchev–Trinajstić information content (AvgIpc) is 3.41. The minimum absolute atomic E-state index is 0.126. The highest BCUT2D eigenvalue weighted by Gasteiger charge is 2.19. The number of thioether (sulfide) groups is 1. The maximum Gasteiger partial charge on any atom is 0.251 e. The van der Waals surface area contributed by atoms with E-state index in [-0.39, 0.29) is 12.0 Å². The molecule has 0 bridgehead atoms. The predicted molar refractivity (Wildman–Crippen MR) is 107 cm³/mol. The molecule has 2 aliphatic heterocycles. The lowest BCUT2D eigenvalue weighted by Gasteiger charge is -2.20. The first-order valence-corrected chi connectivity index (χ1v) is 10.6. The number of carbonyl (C=O) groups excluding carboxylic acids is 1. The quantitative estimate of drug-likeness (QED) is 0.826. The molecule has 2 aromatic rings. The van der Waals surface area contributed by atoms with Crippen LogP contribution in [0.2, 0.25) is 0 Å². The molecule has 0 saturated carbocycles. The summed E-state index contributed by atoms with van der Waals surface area (Å²) in [5.41, 5.74) is 1.61. The summed E-state index contributed by atoms with van der Waals surface area (Å²) in [6.07, 6.45) is 7.06. The molecule has 2 aliphatic rings. The van der Waals surface area contributed by atoms with Gasteiger partial charge in [0.25, 0.3) is 5.91 Å².